The monoisotopic (exact) mass is 126 g/mol. The largest absolute Gasteiger partial charge is 0.368 e. The Morgan fingerprint density at radius 3 is 2.89 bits per heavy atom. The number of hydrogen-bond acceptors (Lipinski definition) is 3. The van der Waals surface area contributed by atoms with Gasteiger partial charge in [-0.2, -0.15) is 0 Å². The summed E-state index contributed by atoms with van der Waals surface area (Å²) in [6, 6.07) is 0. The van der Waals surface area contributed by atoms with Crippen molar-refractivity contribution in [2.75, 3.05) is 6.54 Å². The minimum Gasteiger partial charge on any atom is -0.368 e. The van der Waals surface area contributed by atoms with Crippen LogP contribution < -0.4 is 16.4 Å². The molecule has 1 unspecified atom stereocenters. The van der Waals surface area contributed by atoms with Crippen LogP contribution >= 0.6 is 0 Å². The Morgan fingerprint density at radius 2 is 2.56 bits per heavy atom. The molecule has 1 amide bonds. The fourth-order valence-electron chi connectivity index (χ4n) is 0.636. The lowest BCUT2D eigenvalue weighted by Crippen LogP contribution is -2.48. The summed E-state index contributed by atoms with van der Waals surface area (Å²) in [5.41, 5.74) is 6.67. The molecular weight excluding hydrogens is 118 g/mol. The molecule has 49 valence electrons. The van der Waals surface area contributed by atoms with Crippen LogP contribution in [0.25, 0.3) is 0 Å². The van der Waals surface area contributed by atoms with Gasteiger partial charge in [-0.1, -0.05) is 6.08 Å². The van der Waals surface area contributed by atoms with E-state index in [0.717, 1.165) is 0 Å². The maximum atomic E-state index is 10.3. The summed E-state index contributed by atoms with van der Waals surface area (Å²) in [5.74, 6) is -0.626. The fraction of sp³-hybridized carbons (Fsp3) is 0.400. The van der Waals surface area contributed by atoms with E-state index in [1.807, 2.05) is 6.08 Å². The molecule has 1 rings (SSSR count). The van der Waals surface area contributed by atoms with E-state index in [1.54, 1.807) is 6.20 Å². The zero-order chi connectivity index (χ0) is 6.69. The van der Waals surface area contributed by atoms with Crippen LogP contribution in [-0.4, -0.2) is 18.6 Å². The molecule has 0 aromatic heterocycles. The first-order valence-corrected chi connectivity index (χ1v) is 2.70. The zero-order valence-electron chi connectivity index (χ0n) is 4.85. The minimum atomic E-state index is -0.626. The van der Waals surface area contributed by atoms with Crippen molar-refractivity contribution in [3.05, 3.63) is 12.3 Å². The Hall–Kier alpha value is -1.03. The van der Waals surface area contributed by atoms with Gasteiger partial charge in [-0.15, -0.1) is 0 Å². The van der Waals surface area contributed by atoms with Crippen molar-refractivity contribution in [3.8, 4) is 0 Å². The van der Waals surface area contributed by atoms with Gasteiger partial charge in [0.2, 0.25) is 0 Å². The van der Waals surface area contributed by atoms with E-state index >= 15 is 0 Å². The number of carbonyl (C=O) groups excluding carboxylic acids is 1. The van der Waals surface area contributed by atoms with E-state index in [0.29, 0.717) is 6.54 Å². The normalized spacial score (nSPS) is 25.1. The molecule has 0 aliphatic carbocycles. The van der Waals surface area contributed by atoms with Gasteiger partial charge in [-0.3, -0.25) is 15.8 Å². The number of hydrogen-bond donors (Lipinski definition) is 2. The van der Waals surface area contributed by atoms with E-state index in [4.69, 9.17) is 5.73 Å². The number of amides is 1. The Labute approximate surface area is 53.1 Å². The zero-order valence-corrected chi connectivity index (χ0v) is 4.85. The maximum Gasteiger partial charge on any atom is 0.275 e. The van der Waals surface area contributed by atoms with Gasteiger partial charge in [0.15, 0.2) is 6.17 Å². The number of rotatable bonds is 1. The van der Waals surface area contributed by atoms with Crippen molar-refractivity contribution in [2.24, 2.45) is 0 Å². The summed E-state index contributed by atoms with van der Waals surface area (Å²) >= 11 is 0. The van der Waals surface area contributed by atoms with E-state index in [1.165, 1.54) is 0 Å². The Bertz CT molecular complexity index is 143. The van der Waals surface area contributed by atoms with Crippen molar-refractivity contribution < 1.29 is 4.79 Å². The quantitative estimate of drug-likeness (QED) is 0.465. The third kappa shape index (κ3) is 1.43. The molecule has 0 spiro atoms. The number of carbonyl (C=O) groups is 1. The number of nitrogens with one attached hydrogen (secondary N) is 3. The molecule has 0 aromatic rings. The van der Waals surface area contributed by atoms with Gasteiger partial charge in [0.25, 0.3) is 5.91 Å². The molecule has 1 aliphatic rings. The van der Waals surface area contributed by atoms with Gasteiger partial charge in [0, 0.05) is 6.54 Å². The predicted octanol–water partition coefficient (Wildman–Crippen LogP) is -1.17. The molecular formula is C5H8N3O. The van der Waals surface area contributed by atoms with E-state index < -0.39 is 12.1 Å². The summed E-state index contributed by atoms with van der Waals surface area (Å²) < 4.78 is 0. The van der Waals surface area contributed by atoms with E-state index in [2.05, 4.69) is 10.6 Å². The Morgan fingerprint density at radius 1 is 1.78 bits per heavy atom. The summed E-state index contributed by atoms with van der Waals surface area (Å²) in [6.07, 6.45) is 3.02. The first-order valence-electron chi connectivity index (χ1n) is 2.70. The third-order valence-corrected chi connectivity index (χ3v) is 1.08. The second-order valence-corrected chi connectivity index (χ2v) is 1.77. The molecule has 1 radical (unpaired) electrons. The van der Waals surface area contributed by atoms with E-state index in [-0.39, 0.29) is 0 Å². The standard InChI is InChI=1S/C5H8N3O/c6-4(9)5-7-2-1-3-8-5/h1-2,5-8H,3H2. The van der Waals surface area contributed by atoms with Crippen LogP contribution in [0.1, 0.15) is 0 Å². The molecule has 1 atom stereocenters. The molecule has 0 aromatic carbocycles. The van der Waals surface area contributed by atoms with Crippen LogP contribution in [0.15, 0.2) is 12.3 Å². The average Bonchev–Trinajstić information content (AvgIpc) is 1.90. The van der Waals surface area contributed by atoms with Gasteiger partial charge in [-0.25, -0.2) is 0 Å². The average molecular weight is 126 g/mol. The smallest absolute Gasteiger partial charge is 0.275 e. The molecule has 1 heterocycles. The third-order valence-electron chi connectivity index (χ3n) is 1.08. The summed E-state index contributed by atoms with van der Waals surface area (Å²) in [5, 5.41) is 5.47. The topological polar surface area (TPSA) is 64.9 Å². The minimum absolute atomic E-state index is 0.505. The molecule has 0 saturated carbocycles. The van der Waals surface area contributed by atoms with Crippen molar-refractivity contribution in [1.29, 1.82) is 0 Å². The summed E-state index contributed by atoms with van der Waals surface area (Å²) in [7, 11) is 0. The van der Waals surface area contributed by atoms with Crippen LogP contribution in [0.2, 0.25) is 0 Å². The molecule has 9 heavy (non-hydrogen) atoms. The second-order valence-electron chi connectivity index (χ2n) is 1.77. The first kappa shape index (κ1) is 6.10. The van der Waals surface area contributed by atoms with Crippen molar-refractivity contribution in [2.45, 2.75) is 6.17 Å². The van der Waals surface area contributed by atoms with Crippen molar-refractivity contribution >= 4 is 5.91 Å². The molecule has 4 nitrogen and oxygen atoms in total. The highest BCUT2D eigenvalue weighted by molar-refractivity contribution is 5.78. The van der Waals surface area contributed by atoms with Crippen LogP contribution in [0.5, 0.6) is 0 Å². The fourth-order valence-corrected chi connectivity index (χ4v) is 0.636. The van der Waals surface area contributed by atoms with Gasteiger partial charge in [-0.05, 0) is 6.20 Å². The van der Waals surface area contributed by atoms with Crippen LogP contribution in [-0.2, 0) is 4.79 Å². The highest BCUT2D eigenvalue weighted by atomic mass is 16.1. The van der Waals surface area contributed by atoms with Crippen LogP contribution in [0.4, 0.5) is 0 Å². The maximum absolute atomic E-state index is 10.3. The lowest BCUT2D eigenvalue weighted by molar-refractivity contribution is -0.121. The predicted molar refractivity (Wildman–Crippen MR) is 32.2 cm³/mol. The highest BCUT2D eigenvalue weighted by Gasteiger charge is 2.13. The van der Waals surface area contributed by atoms with Gasteiger partial charge in [0.1, 0.15) is 0 Å². The SMILES string of the molecule is [NH]C(=O)C1NC=CCN1. The molecule has 3 N–H and O–H groups in total. The van der Waals surface area contributed by atoms with Crippen molar-refractivity contribution in [1.82, 2.24) is 16.4 Å². The van der Waals surface area contributed by atoms with Gasteiger partial charge in [0.05, 0.1) is 0 Å². The molecule has 1 aliphatic heterocycles. The van der Waals surface area contributed by atoms with Gasteiger partial charge >= 0.3 is 0 Å². The lowest BCUT2D eigenvalue weighted by atomic mass is 10.4. The first-order chi connectivity index (χ1) is 4.30. The molecule has 0 fully saturated rings. The Balaban J connectivity index is 2.44. The van der Waals surface area contributed by atoms with Gasteiger partial charge < -0.3 is 5.32 Å². The molecule has 4 heteroatoms. The molecule has 0 bridgehead atoms. The highest BCUT2D eigenvalue weighted by Crippen LogP contribution is 1.83. The molecule has 0 saturated heterocycles. The summed E-state index contributed by atoms with van der Waals surface area (Å²) in [6.45, 7) is 0.655. The van der Waals surface area contributed by atoms with Crippen LogP contribution in [0.3, 0.4) is 0 Å². The lowest BCUT2D eigenvalue weighted by Gasteiger charge is -2.17. The Kier molecular flexibility index (Phi) is 1.69. The van der Waals surface area contributed by atoms with Crippen LogP contribution in [0, 0.1) is 0 Å². The van der Waals surface area contributed by atoms with Crippen molar-refractivity contribution in [3.63, 3.8) is 0 Å². The summed E-state index contributed by atoms with van der Waals surface area (Å²) in [4.78, 5) is 10.3. The second kappa shape index (κ2) is 2.50. The van der Waals surface area contributed by atoms with E-state index in [9.17, 15) is 4.79 Å².